The lowest BCUT2D eigenvalue weighted by Crippen LogP contribution is -2.55. The minimum atomic E-state index is -0.617. The van der Waals surface area contributed by atoms with E-state index in [2.05, 4.69) is 12.2 Å². The van der Waals surface area contributed by atoms with Crippen molar-refractivity contribution in [2.24, 2.45) is 5.92 Å². The largest absolute Gasteiger partial charge is 0.464 e. The first kappa shape index (κ1) is 16.2. The van der Waals surface area contributed by atoms with Gasteiger partial charge in [0.1, 0.15) is 5.54 Å². The Morgan fingerprint density at radius 3 is 2.90 bits per heavy atom. The summed E-state index contributed by atoms with van der Waals surface area (Å²) in [6.45, 7) is 4.41. The number of hydrogen-bond acceptors (Lipinski definition) is 3. The van der Waals surface area contributed by atoms with Crippen LogP contribution in [-0.2, 0) is 9.53 Å². The van der Waals surface area contributed by atoms with Gasteiger partial charge >= 0.3 is 5.97 Å². The summed E-state index contributed by atoms with van der Waals surface area (Å²) in [5.41, 5.74) is 0.268. The van der Waals surface area contributed by atoms with Crippen molar-refractivity contribution in [1.29, 1.82) is 0 Å². The number of nitrogens with one attached hydrogen (secondary N) is 1. The van der Waals surface area contributed by atoms with E-state index in [1.165, 1.54) is 6.42 Å². The monoisotopic (exact) mass is 309 g/mol. The van der Waals surface area contributed by atoms with E-state index >= 15 is 0 Å². The van der Waals surface area contributed by atoms with Gasteiger partial charge in [0.15, 0.2) is 0 Å². The van der Waals surface area contributed by atoms with Gasteiger partial charge in [-0.3, -0.25) is 0 Å². The Labute approximate surface area is 132 Å². The Bertz CT molecular complexity index is 491. The van der Waals surface area contributed by atoms with Crippen molar-refractivity contribution in [1.82, 2.24) is 0 Å². The molecule has 1 aromatic carbocycles. The molecule has 1 aromatic rings. The first-order valence-electron chi connectivity index (χ1n) is 7.83. The number of benzene rings is 1. The third-order valence-electron chi connectivity index (χ3n) is 4.40. The van der Waals surface area contributed by atoms with Crippen LogP contribution in [0.3, 0.4) is 0 Å². The van der Waals surface area contributed by atoms with E-state index in [0.29, 0.717) is 17.5 Å². The van der Waals surface area contributed by atoms with Crippen molar-refractivity contribution in [3.8, 4) is 0 Å². The number of carbonyl (C=O) groups is 1. The van der Waals surface area contributed by atoms with Crippen LogP contribution < -0.4 is 5.32 Å². The maximum Gasteiger partial charge on any atom is 0.332 e. The predicted octanol–water partition coefficient (Wildman–Crippen LogP) is 4.65. The number of halogens is 1. The highest BCUT2D eigenvalue weighted by Crippen LogP contribution is 2.39. The maximum absolute atomic E-state index is 12.7. The second kappa shape index (κ2) is 7.17. The highest BCUT2D eigenvalue weighted by atomic mass is 35.5. The molecule has 1 aliphatic carbocycles. The fourth-order valence-corrected chi connectivity index (χ4v) is 3.56. The molecule has 0 aliphatic heterocycles. The van der Waals surface area contributed by atoms with Gasteiger partial charge in [-0.15, -0.1) is 0 Å². The molecule has 0 saturated heterocycles. The van der Waals surface area contributed by atoms with Crippen LogP contribution in [0.4, 0.5) is 5.69 Å². The third kappa shape index (κ3) is 3.52. The Balaban J connectivity index is 2.32. The van der Waals surface area contributed by atoms with Crippen LogP contribution in [0.15, 0.2) is 24.3 Å². The lowest BCUT2D eigenvalue weighted by atomic mass is 9.71. The van der Waals surface area contributed by atoms with E-state index in [-0.39, 0.29) is 5.97 Å². The SMILES string of the molecule is CCOC(=O)C1(Nc2cccc(Cl)c2)CCCCC1CC. The van der Waals surface area contributed by atoms with E-state index in [1.807, 2.05) is 31.2 Å². The van der Waals surface area contributed by atoms with Crippen molar-refractivity contribution in [3.63, 3.8) is 0 Å². The van der Waals surface area contributed by atoms with Gasteiger partial charge in [-0.1, -0.05) is 43.9 Å². The summed E-state index contributed by atoms with van der Waals surface area (Å²) in [5.74, 6) is 0.167. The smallest absolute Gasteiger partial charge is 0.332 e. The summed E-state index contributed by atoms with van der Waals surface area (Å²) >= 11 is 6.06. The van der Waals surface area contributed by atoms with E-state index < -0.39 is 5.54 Å². The van der Waals surface area contributed by atoms with Gasteiger partial charge in [-0.25, -0.2) is 4.79 Å². The van der Waals surface area contributed by atoms with Crippen LogP contribution in [-0.4, -0.2) is 18.1 Å². The molecule has 1 aliphatic rings. The summed E-state index contributed by atoms with van der Waals surface area (Å²) in [7, 11) is 0. The zero-order chi connectivity index (χ0) is 15.3. The molecule has 0 bridgehead atoms. The number of esters is 1. The van der Waals surface area contributed by atoms with Gasteiger partial charge in [-0.05, 0) is 43.9 Å². The summed E-state index contributed by atoms with van der Waals surface area (Å²) < 4.78 is 5.38. The van der Waals surface area contributed by atoms with E-state index in [4.69, 9.17) is 16.3 Å². The van der Waals surface area contributed by atoms with Gasteiger partial charge < -0.3 is 10.1 Å². The molecule has 2 atom stereocenters. The van der Waals surface area contributed by atoms with Crippen molar-refractivity contribution in [2.75, 3.05) is 11.9 Å². The van der Waals surface area contributed by atoms with Gasteiger partial charge in [0, 0.05) is 10.7 Å². The van der Waals surface area contributed by atoms with Gasteiger partial charge in [0.05, 0.1) is 6.61 Å². The van der Waals surface area contributed by atoms with Crippen molar-refractivity contribution >= 4 is 23.3 Å². The molecule has 2 unspecified atom stereocenters. The highest BCUT2D eigenvalue weighted by Gasteiger charge is 2.47. The van der Waals surface area contributed by atoms with Gasteiger partial charge in [0.2, 0.25) is 0 Å². The number of rotatable bonds is 5. The molecule has 21 heavy (non-hydrogen) atoms. The summed E-state index contributed by atoms with van der Waals surface area (Å²) in [4.78, 5) is 12.7. The van der Waals surface area contributed by atoms with Crippen molar-refractivity contribution in [3.05, 3.63) is 29.3 Å². The molecule has 1 fully saturated rings. The van der Waals surface area contributed by atoms with Gasteiger partial charge in [-0.2, -0.15) is 0 Å². The molecule has 1 saturated carbocycles. The first-order chi connectivity index (χ1) is 10.1. The first-order valence-corrected chi connectivity index (χ1v) is 8.21. The zero-order valence-electron chi connectivity index (χ0n) is 12.8. The highest BCUT2D eigenvalue weighted by molar-refractivity contribution is 6.30. The molecular formula is C17H24ClNO2. The van der Waals surface area contributed by atoms with Crippen LogP contribution >= 0.6 is 11.6 Å². The molecule has 116 valence electrons. The average Bonchev–Trinajstić information content (AvgIpc) is 2.48. The Hall–Kier alpha value is -1.22. The average molecular weight is 310 g/mol. The molecule has 2 rings (SSSR count). The van der Waals surface area contributed by atoms with Gasteiger partial charge in [0.25, 0.3) is 0 Å². The van der Waals surface area contributed by atoms with Crippen LogP contribution in [0.5, 0.6) is 0 Å². The second-order valence-corrected chi connectivity index (χ2v) is 6.11. The quantitative estimate of drug-likeness (QED) is 0.804. The molecule has 3 nitrogen and oxygen atoms in total. The van der Waals surface area contributed by atoms with Crippen LogP contribution in [0, 0.1) is 5.92 Å². The molecule has 0 radical (unpaired) electrons. The standard InChI is InChI=1S/C17H24ClNO2/c1-3-13-8-5-6-11-17(13,16(20)21-4-2)19-15-10-7-9-14(18)12-15/h7,9-10,12-13,19H,3-6,8,11H2,1-2H3. The Morgan fingerprint density at radius 2 is 2.24 bits per heavy atom. The van der Waals surface area contributed by atoms with E-state index in [1.54, 1.807) is 0 Å². The Kier molecular flexibility index (Phi) is 5.51. The van der Waals surface area contributed by atoms with Crippen LogP contribution in [0.1, 0.15) is 46.0 Å². The summed E-state index contributed by atoms with van der Waals surface area (Å²) in [6.07, 6.45) is 5.06. The molecule has 1 N–H and O–H groups in total. The zero-order valence-corrected chi connectivity index (χ0v) is 13.6. The van der Waals surface area contributed by atoms with E-state index in [9.17, 15) is 4.79 Å². The van der Waals surface area contributed by atoms with Crippen molar-refractivity contribution < 1.29 is 9.53 Å². The fourth-order valence-electron chi connectivity index (χ4n) is 3.37. The second-order valence-electron chi connectivity index (χ2n) is 5.68. The maximum atomic E-state index is 12.7. The molecule has 0 heterocycles. The topological polar surface area (TPSA) is 38.3 Å². The lowest BCUT2D eigenvalue weighted by Gasteiger charge is -2.43. The minimum Gasteiger partial charge on any atom is -0.464 e. The number of ether oxygens (including phenoxy) is 1. The molecule has 0 amide bonds. The fraction of sp³-hybridized carbons (Fsp3) is 0.588. The van der Waals surface area contributed by atoms with E-state index in [0.717, 1.165) is 31.4 Å². The Morgan fingerprint density at radius 1 is 1.43 bits per heavy atom. The summed E-state index contributed by atoms with van der Waals surface area (Å²) in [5, 5.41) is 4.13. The van der Waals surface area contributed by atoms with Crippen LogP contribution in [0.25, 0.3) is 0 Å². The minimum absolute atomic E-state index is 0.128. The molecule has 0 aromatic heterocycles. The molecule has 4 heteroatoms. The summed E-state index contributed by atoms with van der Waals surface area (Å²) in [6, 6.07) is 7.55. The van der Waals surface area contributed by atoms with Crippen molar-refractivity contribution in [2.45, 2.75) is 51.5 Å². The molecular weight excluding hydrogens is 286 g/mol. The number of anilines is 1. The number of hydrogen-bond donors (Lipinski definition) is 1. The normalized spacial score (nSPS) is 25.4. The molecule has 0 spiro atoms. The predicted molar refractivity (Wildman–Crippen MR) is 86.7 cm³/mol. The van der Waals surface area contributed by atoms with Crippen LogP contribution in [0.2, 0.25) is 5.02 Å². The third-order valence-corrected chi connectivity index (χ3v) is 4.63. The lowest BCUT2D eigenvalue weighted by molar-refractivity contribution is -0.152. The number of carbonyl (C=O) groups excluding carboxylic acids is 1.